The number of pyridine rings is 1. The molecule has 2 heterocycles. The normalized spacial score (nSPS) is 21.0. The second-order valence-corrected chi connectivity index (χ2v) is 6.15. The second-order valence-electron chi connectivity index (χ2n) is 6.15. The molecule has 4 nitrogen and oxygen atoms in total. The van der Waals surface area contributed by atoms with Gasteiger partial charge in [0.05, 0.1) is 11.8 Å². The number of hydrogen-bond donors (Lipinski definition) is 1. The largest absolute Gasteiger partial charge is 0.506 e. The average molecular weight is 296 g/mol. The van der Waals surface area contributed by atoms with Crippen LogP contribution in [0.15, 0.2) is 48.8 Å². The summed E-state index contributed by atoms with van der Waals surface area (Å²) >= 11 is 0. The number of rotatable bonds is 3. The van der Waals surface area contributed by atoms with Gasteiger partial charge in [-0.2, -0.15) is 0 Å². The molecule has 1 fully saturated rings. The topological polar surface area (TPSA) is 53.4 Å². The highest BCUT2D eigenvalue weighted by atomic mass is 16.3. The third-order valence-electron chi connectivity index (χ3n) is 4.39. The zero-order valence-electron chi connectivity index (χ0n) is 12.7. The van der Waals surface area contributed by atoms with Gasteiger partial charge in [-0.15, -0.1) is 0 Å². The molecule has 1 amide bonds. The molecule has 0 saturated carbocycles. The highest BCUT2D eigenvalue weighted by Crippen LogP contribution is 2.33. The van der Waals surface area contributed by atoms with E-state index in [4.69, 9.17) is 0 Å². The van der Waals surface area contributed by atoms with Crippen LogP contribution in [0.3, 0.4) is 0 Å². The molecule has 22 heavy (non-hydrogen) atoms. The predicted molar refractivity (Wildman–Crippen MR) is 84.7 cm³/mol. The Morgan fingerprint density at radius 3 is 2.82 bits per heavy atom. The van der Waals surface area contributed by atoms with E-state index in [2.05, 4.69) is 24.0 Å². The van der Waals surface area contributed by atoms with Crippen molar-refractivity contribution in [1.29, 1.82) is 0 Å². The molecule has 0 bridgehead atoms. The van der Waals surface area contributed by atoms with Gasteiger partial charge in [0.1, 0.15) is 5.75 Å². The molecule has 0 aliphatic carbocycles. The molecule has 1 N–H and O–H groups in total. The van der Waals surface area contributed by atoms with E-state index in [0.717, 1.165) is 25.8 Å². The Labute approximate surface area is 130 Å². The smallest absolute Gasteiger partial charge is 0.256 e. The van der Waals surface area contributed by atoms with Crippen molar-refractivity contribution in [2.24, 2.45) is 0 Å². The minimum Gasteiger partial charge on any atom is -0.506 e. The van der Waals surface area contributed by atoms with Gasteiger partial charge in [-0.25, -0.2) is 0 Å². The van der Waals surface area contributed by atoms with E-state index in [0.29, 0.717) is 5.56 Å². The van der Waals surface area contributed by atoms with Crippen molar-refractivity contribution in [3.63, 3.8) is 0 Å². The molecular formula is C18H20N2O2. The van der Waals surface area contributed by atoms with Crippen LogP contribution in [0.25, 0.3) is 0 Å². The van der Waals surface area contributed by atoms with Gasteiger partial charge in [-0.1, -0.05) is 30.3 Å². The van der Waals surface area contributed by atoms with E-state index in [9.17, 15) is 9.90 Å². The summed E-state index contributed by atoms with van der Waals surface area (Å²) in [5, 5.41) is 9.54. The van der Waals surface area contributed by atoms with Gasteiger partial charge >= 0.3 is 0 Å². The molecular weight excluding hydrogens is 276 g/mol. The number of amides is 1. The first-order chi connectivity index (χ1) is 10.6. The number of hydrogen-bond acceptors (Lipinski definition) is 3. The molecule has 2 aromatic rings. The Hall–Kier alpha value is -2.36. The number of carbonyl (C=O) groups is 1. The third kappa shape index (κ3) is 2.82. The molecule has 114 valence electrons. The Morgan fingerprint density at radius 2 is 2.09 bits per heavy atom. The van der Waals surface area contributed by atoms with Crippen LogP contribution in [0, 0.1) is 0 Å². The van der Waals surface area contributed by atoms with Crippen molar-refractivity contribution >= 4 is 5.91 Å². The van der Waals surface area contributed by atoms with Crippen LogP contribution in [-0.4, -0.2) is 33.0 Å². The van der Waals surface area contributed by atoms with E-state index < -0.39 is 0 Å². The number of aromatic hydroxyl groups is 1. The Kier molecular flexibility index (Phi) is 3.84. The summed E-state index contributed by atoms with van der Waals surface area (Å²) in [7, 11) is 0. The lowest BCUT2D eigenvalue weighted by atomic mass is 9.90. The summed E-state index contributed by atoms with van der Waals surface area (Å²) in [6.07, 6.45) is 5.68. The highest BCUT2D eigenvalue weighted by molar-refractivity contribution is 5.95. The van der Waals surface area contributed by atoms with Crippen molar-refractivity contribution in [1.82, 2.24) is 9.88 Å². The number of nitrogens with zero attached hydrogens (tertiary/aromatic N) is 2. The summed E-state index contributed by atoms with van der Waals surface area (Å²) in [6.45, 7) is 2.89. The minimum atomic E-state index is -0.191. The van der Waals surface area contributed by atoms with Gasteiger partial charge in [0.15, 0.2) is 0 Å². The molecule has 1 saturated heterocycles. The fourth-order valence-electron chi connectivity index (χ4n) is 3.29. The van der Waals surface area contributed by atoms with Crippen LogP contribution in [0.4, 0.5) is 0 Å². The SMILES string of the molecule is CC1(Cc2ccccc2)CCCN1C(=O)c1cncc(O)c1. The van der Waals surface area contributed by atoms with Gasteiger partial charge in [0.2, 0.25) is 0 Å². The maximum absolute atomic E-state index is 12.8. The van der Waals surface area contributed by atoms with Crippen LogP contribution in [0.5, 0.6) is 5.75 Å². The minimum absolute atomic E-state index is 0.0230. The zero-order chi connectivity index (χ0) is 15.6. The first kappa shape index (κ1) is 14.6. The molecule has 1 aliphatic rings. The van der Waals surface area contributed by atoms with E-state index >= 15 is 0 Å². The maximum atomic E-state index is 12.8. The number of carbonyl (C=O) groups excluding carboxylic acids is 1. The third-order valence-corrected chi connectivity index (χ3v) is 4.39. The summed E-state index contributed by atoms with van der Waals surface area (Å²) in [6, 6.07) is 11.7. The number of benzene rings is 1. The fourth-order valence-corrected chi connectivity index (χ4v) is 3.29. The van der Waals surface area contributed by atoms with Crippen molar-refractivity contribution in [2.45, 2.75) is 31.7 Å². The van der Waals surface area contributed by atoms with E-state index in [-0.39, 0.29) is 17.2 Å². The quantitative estimate of drug-likeness (QED) is 0.947. The lowest BCUT2D eigenvalue weighted by Crippen LogP contribution is -2.46. The Balaban J connectivity index is 1.84. The van der Waals surface area contributed by atoms with Gasteiger partial charge < -0.3 is 10.0 Å². The molecule has 1 aromatic carbocycles. The van der Waals surface area contributed by atoms with Gasteiger partial charge in [0.25, 0.3) is 5.91 Å². The van der Waals surface area contributed by atoms with Crippen molar-refractivity contribution in [3.8, 4) is 5.75 Å². The molecule has 4 heteroatoms. The molecule has 1 unspecified atom stereocenters. The molecule has 3 rings (SSSR count). The van der Waals surface area contributed by atoms with Crippen LogP contribution in [0.1, 0.15) is 35.7 Å². The van der Waals surface area contributed by atoms with Crippen LogP contribution >= 0.6 is 0 Å². The Bertz CT molecular complexity index is 672. The summed E-state index contributed by atoms with van der Waals surface area (Å²) in [5.74, 6) is -0.0332. The van der Waals surface area contributed by atoms with Crippen LogP contribution < -0.4 is 0 Å². The van der Waals surface area contributed by atoms with E-state index in [1.54, 1.807) is 0 Å². The first-order valence-corrected chi connectivity index (χ1v) is 7.58. The van der Waals surface area contributed by atoms with Crippen molar-refractivity contribution < 1.29 is 9.90 Å². The standard InChI is InChI=1S/C18H20N2O2/c1-18(11-14-6-3-2-4-7-14)8-5-9-20(18)17(22)15-10-16(21)13-19-12-15/h2-4,6-7,10,12-13,21H,5,8-9,11H2,1H3. The van der Waals surface area contributed by atoms with Crippen LogP contribution in [-0.2, 0) is 6.42 Å². The Morgan fingerprint density at radius 1 is 1.32 bits per heavy atom. The molecule has 0 radical (unpaired) electrons. The molecule has 0 spiro atoms. The summed E-state index contributed by atoms with van der Waals surface area (Å²) in [5.41, 5.74) is 1.49. The molecule has 1 aromatic heterocycles. The lowest BCUT2D eigenvalue weighted by molar-refractivity contribution is 0.0623. The van der Waals surface area contributed by atoms with E-state index in [1.807, 2.05) is 23.1 Å². The molecule has 1 aliphatic heterocycles. The second kappa shape index (κ2) is 5.79. The van der Waals surface area contributed by atoms with Crippen molar-refractivity contribution in [2.75, 3.05) is 6.54 Å². The van der Waals surface area contributed by atoms with Gasteiger partial charge in [-0.05, 0) is 37.8 Å². The zero-order valence-corrected chi connectivity index (χ0v) is 12.7. The number of aromatic nitrogens is 1. The highest BCUT2D eigenvalue weighted by Gasteiger charge is 2.39. The monoisotopic (exact) mass is 296 g/mol. The van der Waals surface area contributed by atoms with E-state index in [1.165, 1.54) is 24.0 Å². The van der Waals surface area contributed by atoms with Crippen molar-refractivity contribution in [3.05, 3.63) is 59.9 Å². The summed E-state index contributed by atoms with van der Waals surface area (Å²) in [4.78, 5) is 18.6. The van der Waals surface area contributed by atoms with Gasteiger partial charge in [-0.3, -0.25) is 9.78 Å². The average Bonchev–Trinajstić information content (AvgIpc) is 2.89. The van der Waals surface area contributed by atoms with Crippen LogP contribution in [0.2, 0.25) is 0 Å². The first-order valence-electron chi connectivity index (χ1n) is 7.58. The van der Waals surface area contributed by atoms with Gasteiger partial charge in [0, 0.05) is 18.3 Å². The molecule has 1 atom stereocenters. The maximum Gasteiger partial charge on any atom is 0.256 e. The predicted octanol–water partition coefficient (Wildman–Crippen LogP) is 3.02. The fraction of sp³-hybridized carbons (Fsp3) is 0.333. The lowest BCUT2D eigenvalue weighted by Gasteiger charge is -2.35. The number of likely N-dealkylation sites (tertiary alicyclic amines) is 1. The summed E-state index contributed by atoms with van der Waals surface area (Å²) < 4.78 is 0.